The Morgan fingerprint density at radius 2 is 2.06 bits per heavy atom. The third kappa shape index (κ3) is 5.17. The zero-order valence-electron chi connectivity index (χ0n) is 10.1. The number of unbranched alkanes of at least 4 members (excludes halogenated alkanes) is 3. The normalized spacial score (nSPS) is 10.4. The Bertz CT molecular complexity index is 284. The Morgan fingerprint density at radius 1 is 1.19 bits per heavy atom. The van der Waals surface area contributed by atoms with E-state index in [-0.39, 0.29) is 6.61 Å². The van der Waals surface area contributed by atoms with E-state index in [1.54, 1.807) is 0 Å². The average molecular weight is 222 g/mol. The number of rotatable bonds is 8. The van der Waals surface area contributed by atoms with Gasteiger partial charge in [0.2, 0.25) is 0 Å². The highest BCUT2D eigenvalue weighted by Gasteiger charge is 1.96. The van der Waals surface area contributed by atoms with Crippen LogP contribution in [0.1, 0.15) is 38.2 Å². The van der Waals surface area contributed by atoms with Crippen LogP contribution in [-0.2, 0) is 6.42 Å². The van der Waals surface area contributed by atoms with Gasteiger partial charge in [-0.25, -0.2) is 0 Å². The summed E-state index contributed by atoms with van der Waals surface area (Å²) in [6.45, 7) is 3.20. The van der Waals surface area contributed by atoms with Crippen molar-refractivity contribution in [3.63, 3.8) is 0 Å². The zero-order chi connectivity index (χ0) is 11.6. The second kappa shape index (κ2) is 8.17. The van der Waals surface area contributed by atoms with Crippen molar-refractivity contribution < 1.29 is 9.84 Å². The van der Waals surface area contributed by atoms with E-state index in [2.05, 4.69) is 6.92 Å². The molecule has 1 aromatic rings. The molecular formula is C14H22O2. The Hall–Kier alpha value is -1.02. The lowest BCUT2D eigenvalue weighted by molar-refractivity contribution is 0.296. The summed E-state index contributed by atoms with van der Waals surface area (Å²) in [6, 6.07) is 7.98. The van der Waals surface area contributed by atoms with Crippen molar-refractivity contribution in [1.29, 1.82) is 0 Å². The summed E-state index contributed by atoms with van der Waals surface area (Å²) in [5.74, 6) is 0.919. The summed E-state index contributed by atoms with van der Waals surface area (Å²) in [5, 5.41) is 8.84. The molecule has 0 heterocycles. The van der Waals surface area contributed by atoms with Gasteiger partial charge in [0.05, 0.1) is 6.61 Å². The van der Waals surface area contributed by atoms with E-state index >= 15 is 0 Å². The fraction of sp³-hybridized carbons (Fsp3) is 0.571. The van der Waals surface area contributed by atoms with Gasteiger partial charge in [0.15, 0.2) is 0 Å². The first-order chi connectivity index (χ1) is 7.86. The molecule has 0 atom stereocenters. The maximum absolute atomic E-state index is 8.84. The molecule has 1 N–H and O–H groups in total. The molecule has 0 aromatic heterocycles. The highest BCUT2D eigenvalue weighted by atomic mass is 16.5. The minimum atomic E-state index is 0.194. The molecule has 0 saturated carbocycles. The van der Waals surface area contributed by atoms with Crippen molar-refractivity contribution in [2.24, 2.45) is 0 Å². The third-order valence-corrected chi connectivity index (χ3v) is 2.57. The van der Waals surface area contributed by atoms with Crippen molar-refractivity contribution in [2.75, 3.05) is 13.2 Å². The second-order valence-electron chi connectivity index (χ2n) is 4.03. The van der Waals surface area contributed by atoms with Crippen molar-refractivity contribution in [3.8, 4) is 5.75 Å². The molecule has 0 aliphatic carbocycles. The van der Waals surface area contributed by atoms with Gasteiger partial charge in [-0.3, -0.25) is 0 Å². The summed E-state index contributed by atoms with van der Waals surface area (Å²) in [5.41, 5.74) is 1.13. The molecule has 0 saturated heterocycles. The Balaban J connectivity index is 2.27. The van der Waals surface area contributed by atoms with Crippen LogP contribution in [0.4, 0.5) is 0 Å². The SMILES string of the molecule is CCCCCCOc1cccc(CCO)c1. The number of aliphatic hydroxyl groups is 1. The topological polar surface area (TPSA) is 29.5 Å². The molecule has 0 aliphatic rings. The quantitative estimate of drug-likeness (QED) is 0.684. The van der Waals surface area contributed by atoms with Gasteiger partial charge in [-0.05, 0) is 30.5 Å². The lowest BCUT2D eigenvalue weighted by atomic mass is 10.1. The van der Waals surface area contributed by atoms with Crippen LogP contribution in [0, 0.1) is 0 Å². The largest absolute Gasteiger partial charge is 0.494 e. The molecule has 2 nitrogen and oxygen atoms in total. The van der Waals surface area contributed by atoms with Crippen molar-refractivity contribution in [1.82, 2.24) is 0 Å². The van der Waals surface area contributed by atoms with E-state index in [0.717, 1.165) is 24.3 Å². The van der Waals surface area contributed by atoms with Crippen LogP contribution in [-0.4, -0.2) is 18.3 Å². The molecular weight excluding hydrogens is 200 g/mol. The number of hydrogen-bond donors (Lipinski definition) is 1. The van der Waals surface area contributed by atoms with Gasteiger partial charge >= 0.3 is 0 Å². The van der Waals surface area contributed by atoms with E-state index in [0.29, 0.717) is 6.42 Å². The van der Waals surface area contributed by atoms with Gasteiger partial charge in [0.25, 0.3) is 0 Å². The molecule has 1 rings (SSSR count). The minimum Gasteiger partial charge on any atom is -0.494 e. The lowest BCUT2D eigenvalue weighted by Gasteiger charge is -2.07. The van der Waals surface area contributed by atoms with E-state index in [1.807, 2.05) is 24.3 Å². The summed E-state index contributed by atoms with van der Waals surface area (Å²) in [6.07, 6.45) is 5.61. The van der Waals surface area contributed by atoms with E-state index in [1.165, 1.54) is 19.3 Å². The Labute approximate surface area is 98.3 Å². The maximum atomic E-state index is 8.84. The van der Waals surface area contributed by atoms with Crippen molar-refractivity contribution in [2.45, 2.75) is 39.0 Å². The van der Waals surface area contributed by atoms with Gasteiger partial charge in [0.1, 0.15) is 5.75 Å². The third-order valence-electron chi connectivity index (χ3n) is 2.57. The van der Waals surface area contributed by atoms with Crippen LogP contribution < -0.4 is 4.74 Å². The summed E-state index contributed by atoms with van der Waals surface area (Å²) < 4.78 is 5.66. The van der Waals surface area contributed by atoms with E-state index in [4.69, 9.17) is 9.84 Å². The fourth-order valence-corrected chi connectivity index (χ4v) is 1.64. The number of hydrogen-bond acceptors (Lipinski definition) is 2. The minimum absolute atomic E-state index is 0.194. The van der Waals surface area contributed by atoms with Crippen LogP contribution >= 0.6 is 0 Å². The van der Waals surface area contributed by atoms with E-state index < -0.39 is 0 Å². The Morgan fingerprint density at radius 3 is 2.81 bits per heavy atom. The predicted molar refractivity (Wildman–Crippen MR) is 66.9 cm³/mol. The number of benzene rings is 1. The molecule has 0 bridgehead atoms. The molecule has 90 valence electrons. The summed E-state index contributed by atoms with van der Waals surface area (Å²) in [4.78, 5) is 0. The van der Waals surface area contributed by atoms with E-state index in [9.17, 15) is 0 Å². The predicted octanol–water partition coefficient (Wildman–Crippen LogP) is 3.18. The summed E-state index contributed by atoms with van der Waals surface area (Å²) >= 11 is 0. The molecule has 1 aromatic carbocycles. The summed E-state index contributed by atoms with van der Waals surface area (Å²) in [7, 11) is 0. The molecule has 0 spiro atoms. The van der Waals surface area contributed by atoms with Crippen LogP contribution in [0.25, 0.3) is 0 Å². The fourth-order valence-electron chi connectivity index (χ4n) is 1.64. The van der Waals surface area contributed by atoms with Crippen molar-refractivity contribution in [3.05, 3.63) is 29.8 Å². The maximum Gasteiger partial charge on any atom is 0.119 e. The van der Waals surface area contributed by atoms with Crippen LogP contribution in [0.3, 0.4) is 0 Å². The van der Waals surface area contributed by atoms with Gasteiger partial charge < -0.3 is 9.84 Å². The highest BCUT2D eigenvalue weighted by Crippen LogP contribution is 2.14. The van der Waals surface area contributed by atoms with Crippen LogP contribution in [0.5, 0.6) is 5.75 Å². The second-order valence-corrected chi connectivity index (χ2v) is 4.03. The number of ether oxygens (including phenoxy) is 1. The molecule has 0 amide bonds. The van der Waals surface area contributed by atoms with Gasteiger partial charge in [0, 0.05) is 6.61 Å². The molecule has 0 fully saturated rings. The Kier molecular flexibility index (Phi) is 6.66. The first-order valence-corrected chi connectivity index (χ1v) is 6.19. The first kappa shape index (κ1) is 13.0. The monoisotopic (exact) mass is 222 g/mol. The number of aliphatic hydroxyl groups excluding tert-OH is 1. The van der Waals surface area contributed by atoms with Crippen LogP contribution in [0.2, 0.25) is 0 Å². The van der Waals surface area contributed by atoms with Crippen molar-refractivity contribution >= 4 is 0 Å². The molecule has 16 heavy (non-hydrogen) atoms. The molecule has 2 heteroatoms. The first-order valence-electron chi connectivity index (χ1n) is 6.19. The average Bonchev–Trinajstić information content (AvgIpc) is 2.30. The van der Waals surface area contributed by atoms with Gasteiger partial charge in [-0.15, -0.1) is 0 Å². The standard InChI is InChI=1S/C14H22O2/c1-2-3-4-5-11-16-14-8-6-7-13(12-14)9-10-15/h6-8,12,15H,2-5,9-11H2,1H3. The van der Waals surface area contributed by atoms with Gasteiger partial charge in [-0.1, -0.05) is 38.3 Å². The van der Waals surface area contributed by atoms with Gasteiger partial charge in [-0.2, -0.15) is 0 Å². The zero-order valence-corrected chi connectivity index (χ0v) is 10.1. The lowest BCUT2D eigenvalue weighted by Crippen LogP contribution is -1.98. The van der Waals surface area contributed by atoms with Crippen LogP contribution in [0.15, 0.2) is 24.3 Å². The molecule has 0 aliphatic heterocycles. The smallest absolute Gasteiger partial charge is 0.119 e. The molecule has 0 radical (unpaired) electrons. The molecule has 0 unspecified atom stereocenters. The highest BCUT2D eigenvalue weighted by molar-refractivity contribution is 5.28.